The molecule has 1 rings (SSSR count). The van der Waals surface area contributed by atoms with Gasteiger partial charge in [0.05, 0.1) is 26.7 Å². The van der Waals surface area contributed by atoms with Gasteiger partial charge in [0.1, 0.15) is 0 Å². The van der Waals surface area contributed by atoms with Crippen LogP contribution in [0.25, 0.3) is 0 Å². The maximum Gasteiger partial charge on any atom is 0.0784 e. The minimum atomic E-state index is 1.36. The van der Waals surface area contributed by atoms with Gasteiger partial charge < -0.3 is 9.38 Å². The Balaban J connectivity index is 0.000000557. The Labute approximate surface area is 110 Å². The molecule has 0 bridgehead atoms. The summed E-state index contributed by atoms with van der Waals surface area (Å²) in [5.41, 5.74) is 0. The lowest BCUT2D eigenvalue weighted by Crippen LogP contribution is -2.48. The fraction of sp³-hybridized carbons (Fsp3) is 1.00. The smallest absolute Gasteiger partial charge is 0.0784 e. The Kier molecular flexibility index (Phi) is 9.85. The second-order valence-electron chi connectivity index (χ2n) is 6.25. The van der Waals surface area contributed by atoms with Gasteiger partial charge in [0.2, 0.25) is 0 Å². The number of likely N-dealkylation sites (tertiary alicyclic amines) is 1. The topological polar surface area (TPSA) is 3.24 Å². The first kappa shape index (κ1) is 16.9. The van der Waals surface area contributed by atoms with Crippen LogP contribution in [0.4, 0.5) is 0 Å². The summed E-state index contributed by atoms with van der Waals surface area (Å²) in [6, 6.07) is 0. The van der Waals surface area contributed by atoms with Crippen molar-refractivity contribution >= 4 is 0 Å². The van der Waals surface area contributed by atoms with E-state index in [1.807, 2.05) is 26.0 Å². The van der Waals surface area contributed by atoms with Crippen LogP contribution < -0.4 is 0 Å². The van der Waals surface area contributed by atoms with E-state index >= 15 is 0 Å². The highest BCUT2D eigenvalue weighted by atomic mass is 15.3. The van der Waals surface area contributed by atoms with Gasteiger partial charge in [0, 0.05) is 0 Å². The largest absolute Gasteiger partial charge is 0.326 e. The van der Waals surface area contributed by atoms with Gasteiger partial charge in [-0.15, -0.1) is 0 Å². The Morgan fingerprint density at radius 3 is 1.88 bits per heavy atom. The lowest BCUT2D eigenvalue weighted by molar-refractivity contribution is -0.914. The van der Waals surface area contributed by atoms with E-state index in [0.29, 0.717) is 0 Å². The fourth-order valence-corrected chi connectivity index (χ4v) is 2.42. The molecule has 0 radical (unpaired) electrons. The van der Waals surface area contributed by atoms with Gasteiger partial charge in [-0.2, -0.15) is 0 Å². The molecule has 2 heteroatoms. The molecular formula is C15H35N2+. The van der Waals surface area contributed by atoms with Gasteiger partial charge in [-0.1, -0.05) is 19.8 Å². The van der Waals surface area contributed by atoms with Crippen molar-refractivity contribution in [1.29, 1.82) is 0 Å². The van der Waals surface area contributed by atoms with Crippen molar-refractivity contribution in [1.82, 2.24) is 4.90 Å². The third-order valence-electron chi connectivity index (χ3n) is 3.45. The van der Waals surface area contributed by atoms with Crippen molar-refractivity contribution < 1.29 is 4.48 Å². The molecule has 1 aliphatic heterocycles. The molecular weight excluding hydrogens is 208 g/mol. The van der Waals surface area contributed by atoms with Gasteiger partial charge in [0.15, 0.2) is 0 Å². The number of nitrogens with zero attached hydrogens (tertiary/aromatic N) is 2. The number of piperidine rings is 1. The van der Waals surface area contributed by atoms with E-state index < -0.39 is 0 Å². The SMILES string of the molecule is CCCCCC[N+]1(C)CCCCC1.CN(C)C. The standard InChI is InChI=1S/C12H26N.C3H9N/c1-3-4-5-7-10-13(2)11-8-6-9-12-13;1-4(2)3/h3-12H2,1-2H3;1-3H3/q+1;. The van der Waals surface area contributed by atoms with E-state index in [1.54, 1.807) is 0 Å². The van der Waals surface area contributed by atoms with Gasteiger partial charge in [-0.05, 0) is 53.2 Å². The van der Waals surface area contributed by atoms with Crippen molar-refractivity contribution in [3.8, 4) is 0 Å². The molecule has 1 saturated heterocycles. The Bertz CT molecular complexity index is 158. The molecule has 1 heterocycles. The average Bonchev–Trinajstić information content (AvgIpc) is 2.25. The van der Waals surface area contributed by atoms with Gasteiger partial charge in [-0.3, -0.25) is 0 Å². The molecule has 0 saturated carbocycles. The van der Waals surface area contributed by atoms with Crippen molar-refractivity contribution in [3.05, 3.63) is 0 Å². The minimum absolute atomic E-state index is 1.36. The summed E-state index contributed by atoms with van der Waals surface area (Å²) in [6.45, 7) is 6.59. The van der Waals surface area contributed by atoms with Crippen molar-refractivity contribution in [2.24, 2.45) is 0 Å². The summed E-state index contributed by atoms with van der Waals surface area (Å²) in [4.78, 5) is 2.00. The van der Waals surface area contributed by atoms with Crippen LogP contribution in [0.15, 0.2) is 0 Å². The van der Waals surface area contributed by atoms with Crippen molar-refractivity contribution in [2.75, 3.05) is 47.8 Å². The van der Waals surface area contributed by atoms with Crippen LogP contribution in [0.5, 0.6) is 0 Å². The van der Waals surface area contributed by atoms with E-state index in [1.165, 1.54) is 69.1 Å². The van der Waals surface area contributed by atoms with E-state index in [-0.39, 0.29) is 0 Å². The maximum absolute atomic E-state index is 2.45. The summed E-state index contributed by atoms with van der Waals surface area (Å²) >= 11 is 0. The molecule has 104 valence electrons. The zero-order chi connectivity index (χ0) is 13.1. The van der Waals surface area contributed by atoms with Crippen LogP contribution in [0.1, 0.15) is 51.9 Å². The third-order valence-corrected chi connectivity index (χ3v) is 3.45. The number of rotatable bonds is 5. The van der Waals surface area contributed by atoms with Crippen LogP contribution in [-0.4, -0.2) is 57.2 Å². The molecule has 0 aromatic heterocycles. The zero-order valence-corrected chi connectivity index (χ0v) is 13.0. The van der Waals surface area contributed by atoms with E-state index in [0.717, 1.165) is 0 Å². The molecule has 0 unspecified atom stereocenters. The lowest BCUT2D eigenvalue weighted by atomic mass is 10.1. The van der Waals surface area contributed by atoms with Crippen LogP contribution in [0.2, 0.25) is 0 Å². The molecule has 1 fully saturated rings. The Morgan fingerprint density at radius 1 is 0.882 bits per heavy atom. The van der Waals surface area contributed by atoms with Crippen LogP contribution >= 0.6 is 0 Å². The highest BCUT2D eigenvalue weighted by Gasteiger charge is 2.23. The quantitative estimate of drug-likeness (QED) is 0.528. The van der Waals surface area contributed by atoms with E-state index in [9.17, 15) is 0 Å². The maximum atomic E-state index is 2.45. The van der Waals surface area contributed by atoms with Crippen molar-refractivity contribution in [3.63, 3.8) is 0 Å². The molecule has 1 aliphatic rings. The molecule has 17 heavy (non-hydrogen) atoms. The first-order chi connectivity index (χ1) is 8.00. The summed E-state index contributed by atoms with van der Waals surface area (Å²) in [7, 11) is 8.45. The van der Waals surface area contributed by atoms with Gasteiger partial charge >= 0.3 is 0 Å². The second kappa shape index (κ2) is 9.90. The predicted octanol–water partition coefficient (Wildman–Crippen LogP) is 3.38. The Morgan fingerprint density at radius 2 is 1.41 bits per heavy atom. The summed E-state index contributed by atoms with van der Waals surface area (Å²) in [5.74, 6) is 0. The third kappa shape index (κ3) is 10.8. The van der Waals surface area contributed by atoms with Crippen LogP contribution in [0, 0.1) is 0 Å². The highest BCUT2D eigenvalue weighted by Crippen LogP contribution is 2.17. The predicted molar refractivity (Wildman–Crippen MR) is 78.4 cm³/mol. The normalized spacial score (nSPS) is 18.7. The van der Waals surface area contributed by atoms with Crippen LogP contribution in [-0.2, 0) is 0 Å². The summed E-state index contributed by atoms with van der Waals surface area (Å²) in [5, 5.41) is 0. The highest BCUT2D eigenvalue weighted by molar-refractivity contribution is 4.52. The second-order valence-corrected chi connectivity index (χ2v) is 6.25. The molecule has 0 aliphatic carbocycles. The Hall–Kier alpha value is -0.0800. The first-order valence-corrected chi connectivity index (χ1v) is 7.44. The van der Waals surface area contributed by atoms with E-state index in [4.69, 9.17) is 0 Å². The molecule has 0 atom stereocenters. The molecule has 0 amide bonds. The number of hydrogen-bond donors (Lipinski definition) is 0. The van der Waals surface area contributed by atoms with Crippen molar-refractivity contribution in [2.45, 2.75) is 51.9 Å². The molecule has 0 aromatic carbocycles. The first-order valence-electron chi connectivity index (χ1n) is 7.44. The van der Waals surface area contributed by atoms with E-state index in [2.05, 4.69) is 14.0 Å². The average molecular weight is 243 g/mol. The van der Waals surface area contributed by atoms with Gasteiger partial charge in [-0.25, -0.2) is 0 Å². The number of hydrogen-bond acceptors (Lipinski definition) is 1. The monoisotopic (exact) mass is 243 g/mol. The molecule has 0 spiro atoms. The number of quaternary nitrogens is 1. The number of unbranched alkanes of at least 4 members (excludes halogenated alkanes) is 3. The summed E-state index contributed by atoms with van der Waals surface area (Å²) in [6.07, 6.45) is 10.1. The molecule has 2 nitrogen and oxygen atoms in total. The lowest BCUT2D eigenvalue weighted by Gasteiger charge is -2.37. The fourth-order valence-electron chi connectivity index (χ4n) is 2.42. The van der Waals surface area contributed by atoms with Gasteiger partial charge in [0.25, 0.3) is 0 Å². The molecule has 0 aromatic rings. The summed E-state index contributed by atoms with van der Waals surface area (Å²) < 4.78 is 1.36. The minimum Gasteiger partial charge on any atom is -0.326 e. The zero-order valence-electron chi connectivity index (χ0n) is 13.0. The molecule has 0 N–H and O–H groups in total. The van der Waals surface area contributed by atoms with Crippen LogP contribution in [0.3, 0.4) is 0 Å².